The third-order valence-corrected chi connectivity index (χ3v) is 6.38. The standard InChI is InChI=1S/C27H30ClF3N4O2.ClH/c1-18(2)17-37-24-9-8-23(28)13-21(24)15-35-19(3)12-25(32-35)34-11-10-33(16-26(34)36)14-20-4-6-22(7-5-20)27(29,30)31;/h4-9,12-13,18H,10-11,14-17H2,1-3H3;1H. The number of ether oxygens (including phenoxy) is 1. The molecule has 2 heterocycles. The van der Waals surface area contributed by atoms with Crippen LogP contribution in [0.2, 0.25) is 5.02 Å². The molecule has 0 bridgehead atoms. The lowest BCUT2D eigenvalue weighted by atomic mass is 10.1. The van der Waals surface area contributed by atoms with Gasteiger partial charge in [-0.25, -0.2) is 0 Å². The molecule has 2 aromatic carbocycles. The predicted octanol–water partition coefficient (Wildman–Crippen LogP) is 6.22. The minimum absolute atomic E-state index is 0. The number of benzene rings is 2. The SMILES string of the molecule is Cc1cc(N2CCN(Cc3ccc(C(F)(F)F)cc3)CC2=O)nn1Cc1cc(Cl)ccc1OCC(C)C.Cl. The van der Waals surface area contributed by atoms with Crippen LogP contribution in [0.4, 0.5) is 19.0 Å². The van der Waals surface area contributed by atoms with E-state index in [1.807, 2.05) is 34.7 Å². The summed E-state index contributed by atoms with van der Waals surface area (Å²) in [5, 5.41) is 5.29. The molecule has 1 aromatic heterocycles. The van der Waals surface area contributed by atoms with Gasteiger partial charge in [0.25, 0.3) is 0 Å². The van der Waals surface area contributed by atoms with Gasteiger partial charge in [-0.3, -0.25) is 19.3 Å². The van der Waals surface area contributed by atoms with E-state index >= 15 is 0 Å². The number of hydrogen-bond acceptors (Lipinski definition) is 4. The summed E-state index contributed by atoms with van der Waals surface area (Å²) < 4.78 is 46.2. The molecule has 206 valence electrons. The molecular weight excluding hydrogens is 540 g/mol. The van der Waals surface area contributed by atoms with Crippen LogP contribution in [0.3, 0.4) is 0 Å². The molecule has 3 aromatic rings. The number of amides is 1. The van der Waals surface area contributed by atoms with E-state index in [0.717, 1.165) is 34.7 Å². The number of hydrogen-bond donors (Lipinski definition) is 0. The molecule has 1 saturated heterocycles. The zero-order valence-corrected chi connectivity index (χ0v) is 23.0. The number of piperazine rings is 1. The van der Waals surface area contributed by atoms with Gasteiger partial charge in [0.15, 0.2) is 5.82 Å². The Kier molecular flexibility index (Phi) is 9.73. The smallest absolute Gasteiger partial charge is 0.416 e. The molecule has 1 amide bonds. The van der Waals surface area contributed by atoms with Crippen LogP contribution in [-0.4, -0.2) is 46.8 Å². The molecule has 0 N–H and O–H groups in total. The minimum Gasteiger partial charge on any atom is -0.493 e. The van der Waals surface area contributed by atoms with Crippen LogP contribution >= 0.6 is 24.0 Å². The molecule has 1 aliphatic rings. The zero-order chi connectivity index (χ0) is 26.7. The highest BCUT2D eigenvalue weighted by Gasteiger charge is 2.30. The maximum Gasteiger partial charge on any atom is 0.416 e. The summed E-state index contributed by atoms with van der Waals surface area (Å²) in [6.07, 6.45) is -4.36. The lowest BCUT2D eigenvalue weighted by Crippen LogP contribution is -2.50. The Morgan fingerprint density at radius 1 is 1.05 bits per heavy atom. The summed E-state index contributed by atoms with van der Waals surface area (Å²) in [7, 11) is 0. The maximum absolute atomic E-state index is 13.0. The van der Waals surface area contributed by atoms with Crippen molar-refractivity contribution < 1.29 is 22.7 Å². The molecule has 0 atom stereocenters. The second kappa shape index (κ2) is 12.4. The molecule has 4 rings (SSSR count). The third kappa shape index (κ3) is 7.42. The van der Waals surface area contributed by atoms with E-state index in [0.29, 0.717) is 49.5 Å². The molecular formula is C27H31Cl2F3N4O2. The van der Waals surface area contributed by atoms with Crippen LogP contribution in [0.25, 0.3) is 0 Å². The first kappa shape index (κ1) is 29.8. The number of aromatic nitrogens is 2. The molecule has 6 nitrogen and oxygen atoms in total. The van der Waals surface area contributed by atoms with Crippen LogP contribution in [0.15, 0.2) is 48.5 Å². The molecule has 0 unspecified atom stereocenters. The van der Waals surface area contributed by atoms with Gasteiger partial charge in [-0.05, 0) is 48.7 Å². The Hall–Kier alpha value is -2.75. The molecule has 1 aliphatic heterocycles. The normalized spacial score (nSPS) is 14.6. The predicted molar refractivity (Wildman–Crippen MR) is 144 cm³/mol. The van der Waals surface area contributed by atoms with Gasteiger partial charge >= 0.3 is 6.18 Å². The van der Waals surface area contributed by atoms with Crippen LogP contribution in [0, 0.1) is 12.8 Å². The molecule has 0 radical (unpaired) electrons. The average Bonchev–Trinajstić information content (AvgIpc) is 3.18. The van der Waals surface area contributed by atoms with E-state index < -0.39 is 11.7 Å². The number of carbonyl (C=O) groups excluding carboxylic acids is 1. The summed E-state index contributed by atoms with van der Waals surface area (Å²) in [6.45, 7) is 8.72. The third-order valence-electron chi connectivity index (χ3n) is 6.15. The van der Waals surface area contributed by atoms with E-state index in [1.54, 1.807) is 11.0 Å². The number of alkyl halides is 3. The Morgan fingerprint density at radius 2 is 1.76 bits per heavy atom. The first-order valence-electron chi connectivity index (χ1n) is 12.1. The summed E-state index contributed by atoms with van der Waals surface area (Å²) in [4.78, 5) is 16.5. The van der Waals surface area contributed by atoms with Crippen molar-refractivity contribution in [3.8, 4) is 5.75 Å². The quantitative estimate of drug-likeness (QED) is 0.322. The second-order valence-corrected chi connectivity index (χ2v) is 10.1. The lowest BCUT2D eigenvalue weighted by Gasteiger charge is -2.33. The van der Waals surface area contributed by atoms with Crippen molar-refractivity contribution in [3.63, 3.8) is 0 Å². The van der Waals surface area contributed by atoms with E-state index in [2.05, 4.69) is 18.9 Å². The van der Waals surface area contributed by atoms with Crippen molar-refractivity contribution in [1.29, 1.82) is 0 Å². The number of halogens is 5. The highest BCUT2D eigenvalue weighted by atomic mass is 35.5. The minimum atomic E-state index is -4.36. The van der Waals surface area contributed by atoms with Gasteiger partial charge in [0, 0.05) is 42.0 Å². The van der Waals surface area contributed by atoms with Gasteiger partial charge in [-0.2, -0.15) is 18.3 Å². The molecule has 11 heteroatoms. The fraction of sp³-hybridized carbons (Fsp3) is 0.407. The number of anilines is 1. The average molecular weight is 571 g/mol. The van der Waals surface area contributed by atoms with E-state index in [-0.39, 0.29) is 24.9 Å². The van der Waals surface area contributed by atoms with Gasteiger partial charge < -0.3 is 4.74 Å². The second-order valence-electron chi connectivity index (χ2n) is 9.71. The van der Waals surface area contributed by atoms with Gasteiger partial charge in [0.2, 0.25) is 5.91 Å². The summed E-state index contributed by atoms with van der Waals surface area (Å²) >= 11 is 6.24. The number of carbonyl (C=O) groups is 1. The van der Waals surface area contributed by atoms with Crippen molar-refractivity contribution in [2.75, 3.05) is 31.1 Å². The summed E-state index contributed by atoms with van der Waals surface area (Å²) in [5.41, 5.74) is 1.84. The molecule has 0 saturated carbocycles. The zero-order valence-electron chi connectivity index (χ0n) is 21.5. The van der Waals surface area contributed by atoms with Crippen LogP contribution < -0.4 is 9.64 Å². The van der Waals surface area contributed by atoms with Crippen molar-refractivity contribution >= 4 is 35.7 Å². The topological polar surface area (TPSA) is 50.6 Å². The van der Waals surface area contributed by atoms with E-state index in [1.165, 1.54) is 12.1 Å². The lowest BCUT2D eigenvalue weighted by molar-refractivity contribution is -0.137. The van der Waals surface area contributed by atoms with Crippen molar-refractivity contribution in [3.05, 3.63) is 75.9 Å². The van der Waals surface area contributed by atoms with Gasteiger partial charge in [0.1, 0.15) is 5.75 Å². The largest absolute Gasteiger partial charge is 0.493 e. The van der Waals surface area contributed by atoms with Crippen molar-refractivity contribution in [2.45, 2.75) is 40.0 Å². The highest BCUT2D eigenvalue weighted by Crippen LogP contribution is 2.30. The Labute approximate surface area is 231 Å². The fourth-order valence-electron chi connectivity index (χ4n) is 4.17. The van der Waals surface area contributed by atoms with Crippen LogP contribution in [0.1, 0.15) is 36.2 Å². The monoisotopic (exact) mass is 570 g/mol. The molecule has 0 aliphatic carbocycles. The highest BCUT2D eigenvalue weighted by molar-refractivity contribution is 6.30. The van der Waals surface area contributed by atoms with E-state index in [4.69, 9.17) is 16.3 Å². The molecule has 0 spiro atoms. The van der Waals surface area contributed by atoms with Crippen molar-refractivity contribution in [1.82, 2.24) is 14.7 Å². The fourth-order valence-corrected chi connectivity index (χ4v) is 4.37. The Morgan fingerprint density at radius 3 is 2.39 bits per heavy atom. The molecule has 1 fully saturated rings. The summed E-state index contributed by atoms with van der Waals surface area (Å²) in [5.74, 6) is 1.60. The maximum atomic E-state index is 13.0. The van der Waals surface area contributed by atoms with Gasteiger partial charge in [0.05, 0.1) is 25.3 Å². The first-order valence-corrected chi connectivity index (χ1v) is 12.5. The van der Waals surface area contributed by atoms with Gasteiger partial charge in [-0.1, -0.05) is 37.6 Å². The number of rotatable bonds is 8. The van der Waals surface area contributed by atoms with Crippen molar-refractivity contribution in [2.24, 2.45) is 5.92 Å². The number of nitrogens with zero attached hydrogens (tertiary/aromatic N) is 4. The van der Waals surface area contributed by atoms with E-state index in [9.17, 15) is 18.0 Å². The van der Waals surface area contributed by atoms with Gasteiger partial charge in [-0.15, -0.1) is 12.4 Å². The first-order chi connectivity index (χ1) is 17.5. The Balaban J connectivity index is 0.00000400. The Bertz CT molecular complexity index is 1250. The number of aryl methyl sites for hydroxylation is 1. The van der Waals surface area contributed by atoms with Crippen LogP contribution in [0.5, 0.6) is 5.75 Å². The molecule has 38 heavy (non-hydrogen) atoms. The van der Waals surface area contributed by atoms with Crippen LogP contribution in [-0.2, 0) is 24.1 Å². The summed E-state index contributed by atoms with van der Waals surface area (Å²) in [6, 6.07) is 12.5.